The van der Waals surface area contributed by atoms with Crippen LogP contribution in [0.4, 0.5) is 0 Å². The Morgan fingerprint density at radius 2 is 2.16 bits per heavy atom. The van der Waals surface area contributed by atoms with E-state index >= 15 is 0 Å². The largest absolute Gasteiger partial charge is 0.461 e. The Hall–Kier alpha value is -2.07. The molecular formula is C15H17NO3. The van der Waals surface area contributed by atoms with Gasteiger partial charge in [-0.25, -0.2) is 4.79 Å². The summed E-state index contributed by atoms with van der Waals surface area (Å²) in [4.78, 5) is 14.8. The summed E-state index contributed by atoms with van der Waals surface area (Å²) in [6.07, 6.45) is 1.74. The average Bonchev–Trinajstić information content (AvgIpc) is 2.89. The number of ether oxygens (including phenoxy) is 2. The summed E-state index contributed by atoms with van der Waals surface area (Å²) in [5.41, 5.74) is 3.36. The van der Waals surface area contributed by atoms with Gasteiger partial charge in [0.2, 0.25) is 0 Å². The number of methoxy groups -OCH3 is 1. The minimum atomic E-state index is -0.334. The molecule has 0 spiro atoms. The predicted molar refractivity (Wildman–Crippen MR) is 72.9 cm³/mol. The normalized spacial score (nSPS) is 10.4. The fourth-order valence-corrected chi connectivity index (χ4v) is 1.98. The van der Waals surface area contributed by atoms with Gasteiger partial charge >= 0.3 is 5.97 Å². The highest BCUT2D eigenvalue weighted by molar-refractivity contribution is 5.95. The lowest BCUT2D eigenvalue weighted by Gasteiger charge is -2.06. The Balaban J connectivity index is 2.34. The number of esters is 1. The molecule has 0 saturated heterocycles. The van der Waals surface area contributed by atoms with Crippen LogP contribution < -0.4 is 0 Å². The second-order valence-corrected chi connectivity index (χ2v) is 4.12. The maximum atomic E-state index is 11.8. The quantitative estimate of drug-likeness (QED) is 0.840. The lowest BCUT2D eigenvalue weighted by atomic mass is 10.0. The van der Waals surface area contributed by atoms with Crippen molar-refractivity contribution in [2.75, 3.05) is 13.7 Å². The SMILES string of the molecule is CCOC(=O)c1[nH]ccc1-c1cccc(COC)c1. The first-order valence-electron chi connectivity index (χ1n) is 6.19. The summed E-state index contributed by atoms with van der Waals surface area (Å²) in [7, 11) is 1.66. The van der Waals surface area contributed by atoms with E-state index in [-0.39, 0.29) is 5.97 Å². The van der Waals surface area contributed by atoms with Crippen molar-refractivity contribution < 1.29 is 14.3 Å². The Morgan fingerprint density at radius 3 is 2.89 bits per heavy atom. The molecule has 100 valence electrons. The van der Waals surface area contributed by atoms with E-state index in [4.69, 9.17) is 9.47 Å². The minimum absolute atomic E-state index is 0.334. The Kier molecular flexibility index (Phi) is 4.36. The Morgan fingerprint density at radius 1 is 1.32 bits per heavy atom. The van der Waals surface area contributed by atoms with Crippen LogP contribution >= 0.6 is 0 Å². The molecule has 0 aliphatic heterocycles. The lowest BCUT2D eigenvalue weighted by molar-refractivity contribution is 0.0521. The van der Waals surface area contributed by atoms with Crippen molar-refractivity contribution >= 4 is 5.97 Å². The zero-order valence-electron chi connectivity index (χ0n) is 11.1. The summed E-state index contributed by atoms with van der Waals surface area (Å²) in [6.45, 7) is 2.70. The highest BCUT2D eigenvalue weighted by Gasteiger charge is 2.15. The molecule has 0 aliphatic carbocycles. The zero-order chi connectivity index (χ0) is 13.7. The average molecular weight is 259 g/mol. The molecule has 0 unspecified atom stereocenters. The molecule has 2 aromatic rings. The molecule has 1 aromatic carbocycles. The number of benzene rings is 1. The molecule has 1 aromatic heterocycles. The van der Waals surface area contributed by atoms with E-state index in [1.54, 1.807) is 20.2 Å². The van der Waals surface area contributed by atoms with Crippen LogP contribution in [0.1, 0.15) is 23.0 Å². The molecule has 0 amide bonds. The summed E-state index contributed by atoms with van der Waals surface area (Å²) < 4.78 is 10.1. The van der Waals surface area contributed by atoms with E-state index in [0.717, 1.165) is 16.7 Å². The van der Waals surface area contributed by atoms with Crippen molar-refractivity contribution in [3.8, 4) is 11.1 Å². The third-order valence-electron chi connectivity index (χ3n) is 2.78. The van der Waals surface area contributed by atoms with Crippen LogP contribution in [0.15, 0.2) is 36.5 Å². The smallest absolute Gasteiger partial charge is 0.355 e. The topological polar surface area (TPSA) is 51.3 Å². The standard InChI is InChI=1S/C15H17NO3/c1-3-19-15(17)14-13(7-8-16-14)12-6-4-5-11(9-12)10-18-2/h4-9,16H,3,10H2,1-2H3. The molecule has 4 heteroatoms. The van der Waals surface area contributed by atoms with Gasteiger partial charge in [0.15, 0.2) is 0 Å². The summed E-state index contributed by atoms with van der Waals surface area (Å²) in [5.74, 6) is -0.334. The van der Waals surface area contributed by atoms with Gasteiger partial charge in [-0.1, -0.05) is 18.2 Å². The van der Waals surface area contributed by atoms with Crippen molar-refractivity contribution in [3.05, 3.63) is 47.8 Å². The van der Waals surface area contributed by atoms with E-state index in [2.05, 4.69) is 4.98 Å². The first-order chi connectivity index (χ1) is 9.26. The molecule has 0 radical (unpaired) electrons. The molecule has 2 rings (SSSR count). The maximum absolute atomic E-state index is 11.8. The molecule has 0 aliphatic rings. The summed E-state index contributed by atoms with van der Waals surface area (Å²) >= 11 is 0. The number of aromatic amines is 1. The fraction of sp³-hybridized carbons (Fsp3) is 0.267. The Labute approximate surface area is 112 Å². The molecule has 0 fully saturated rings. The zero-order valence-corrected chi connectivity index (χ0v) is 11.1. The van der Waals surface area contributed by atoms with Gasteiger partial charge in [-0.15, -0.1) is 0 Å². The van der Waals surface area contributed by atoms with Gasteiger partial charge in [-0.05, 0) is 30.2 Å². The molecule has 0 saturated carbocycles. The van der Waals surface area contributed by atoms with E-state index < -0.39 is 0 Å². The van der Waals surface area contributed by atoms with E-state index in [1.165, 1.54) is 0 Å². The Bertz CT molecular complexity index is 560. The maximum Gasteiger partial charge on any atom is 0.355 e. The van der Waals surface area contributed by atoms with Crippen molar-refractivity contribution in [2.24, 2.45) is 0 Å². The highest BCUT2D eigenvalue weighted by Crippen LogP contribution is 2.24. The molecule has 4 nitrogen and oxygen atoms in total. The van der Waals surface area contributed by atoms with Crippen molar-refractivity contribution in [3.63, 3.8) is 0 Å². The van der Waals surface area contributed by atoms with Gasteiger partial charge in [0, 0.05) is 18.9 Å². The fourth-order valence-electron chi connectivity index (χ4n) is 1.98. The van der Waals surface area contributed by atoms with Gasteiger partial charge in [0.25, 0.3) is 0 Å². The second kappa shape index (κ2) is 6.20. The third-order valence-corrected chi connectivity index (χ3v) is 2.78. The number of carbonyl (C=O) groups is 1. The van der Waals surface area contributed by atoms with E-state index in [9.17, 15) is 4.79 Å². The van der Waals surface area contributed by atoms with Crippen LogP contribution in [0.5, 0.6) is 0 Å². The van der Waals surface area contributed by atoms with E-state index in [1.807, 2.05) is 30.3 Å². The minimum Gasteiger partial charge on any atom is -0.461 e. The number of carbonyl (C=O) groups excluding carboxylic acids is 1. The molecular weight excluding hydrogens is 242 g/mol. The van der Waals surface area contributed by atoms with Crippen LogP contribution in [-0.4, -0.2) is 24.7 Å². The van der Waals surface area contributed by atoms with E-state index in [0.29, 0.717) is 18.9 Å². The van der Waals surface area contributed by atoms with Crippen LogP contribution in [0.25, 0.3) is 11.1 Å². The van der Waals surface area contributed by atoms with Crippen molar-refractivity contribution in [2.45, 2.75) is 13.5 Å². The van der Waals surface area contributed by atoms with Crippen LogP contribution in [0, 0.1) is 0 Å². The van der Waals surface area contributed by atoms with Gasteiger partial charge in [-0.2, -0.15) is 0 Å². The molecule has 19 heavy (non-hydrogen) atoms. The first-order valence-corrected chi connectivity index (χ1v) is 6.19. The predicted octanol–water partition coefficient (Wildman–Crippen LogP) is 3.00. The number of aromatic nitrogens is 1. The number of H-pyrrole nitrogens is 1. The number of rotatable bonds is 5. The summed E-state index contributed by atoms with van der Waals surface area (Å²) in [6, 6.07) is 9.79. The van der Waals surface area contributed by atoms with Gasteiger partial charge in [0.1, 0.15) is 5.69 Å². The van der Waals surface area contributed by atoms with Crippen LogP contribution in [-0.2, 0) is 16.1 Å². The van der Waals surface area contributed by atoms with Crippen LogP contribution in [0.2, 0.25) is 0 Å². The van der Waals surface area contributed by atoms with Gasteiger partial charge in [0.05, 0.1) is 13.2 Å². The lowest BCUT2D eigenvalue weighted by Crippen LogP contribution is -2.06. The first kappa shape index (κ1) is 13.4. The molecule has 1 N–H and O–H groups in total. The number of hydrogen-bond acceptors (Lipinski definition) is 3. The van der Waals surface area contributed by atoms with Crippen LogP contribution in [0.3, 0.4) is 0 Å². The third kappa shape index (κ3) is 3.03. The van der Waals surface area contributed by atoms with Gasteiger partial charge < -0.3 is 14.5 Å². The number of hydrogen-bond donors (Lipinski definition) is 1. The van der Waals surface area contributed by atoms with Crippen molar-refractivity contribution in [1.82, 2.24) is 4.98 Å². The number of nitrogens with one attached hydrogen (secondary N) is 1. The monoisotopic (exact) mass is 259 g/mol. The molecule has 0 bridgehead atoms. The summed E-state index contributed by atoms with van der Waals surface area (Å²) in [5, 5.41) is 0. The molecule has 1 heterocycles. The second-order valence-electron chi connectivity index (χ2n) is 4.12. The molecule has 0 atom stereocenters. The highest BCUT2D eigenvalue weighted by atomic mass is 16.5. The van der Waals surface area contributed by atoms with Gasteiger partial charge in [-0.3, -0.25) is 0 Å². The van der Waals surface area contributed by atoms with Crippen molar-refractivity contribution in [1.29, 1.82) is 0 Å².